The Morgan fingerprint density at radius 2 is 2.35 bits per heavy atom. The molecule has 1 atom stereocenters. The highest BCUT2D eigenvalue weighted by Gasteiger charge is 2.32. The third-order valence-corrected chi connectivity index (χ3v) is 5.03. The van der Waals surface area contributed by atoms with Crippen molar-refractivity contribution in [3.63, 3.8) is 0 Å². The standard InChI is InChI=1S/C9H11N3O3S2/c10-3-1-4-16-9-12-11-8(15-9)7-2-5-17(13,14)6-7/h7H,1-2,4-6H2/t7-/m0/s1. The lowest BCUT2D eigenvalue weighted by atomic mass is 10.1. The summed E-state index contributed by atoms with van der Waals surface area (Å²) >= 11 is 1.31. The van der Waals surface area contributed by atoms with Gasteiger partial charge in [-0.3, -0.25) is 0 Å². The average molecular weight is 273 g/mol. The summed E-state index contributed by atoms with van der Waals surface area (Å²) in [4.78, 5) is 0. The van der Waals surface area contributed by atoms with Crippen LogP contribution in [0, 0.1) is 11.3 Å². The van der Waals surface area contributed by atoms with Crippen LogP contribution in [-0.4, -0.2) is 35.9 Å². The summed E-state index contributed by atoms with van der Waals surface area (Å²) in [6.45, 7) is 0. The molecule has 1 aliphatic rings. The summed E-state index contributed by atoms with van der Waals surface area (Å²) in [5.74, 6) is 1.11. The van der Waals surface area contributed by atoms with Crippen LogP contribution in [0.4, 0.5) is 0 Å². The molecule has 1 aliphatic heterocycles. The highest BCUT2D eigenvalue weighted by atomic mass is 32.2. The molecule has 8 heteroatoms. The molecule has 1 aromatic rings. The van der Waals surface area contributed by atoms with E-state index in [2.05, 4.69) is 10.2 Å². The monoisotopic (exact) mass is 273 g/mol. The molecular weight excluding hydrogens is 262 g/mol. The predicted molar refractivity (Wildman–Crippen MR) is 61.3 cm³/mol. The maximum absolute atomic E-state index is 11.3. The van der Waals surface area contributed by atoms with Crippen LogP contribution in [-0.2, 0) is 9.84 Å². The summed E-state index contributed by atoms with van der Waals surface area (Å²) < 4.78 is 28.0. The lowest BCUT2D eigenvalue weighted by Crippen LogP contribution is -2.03. The van der Waals surface area contributed by atoms with Gasteiger partial charge >= 0.3 is 0 Å². The first-order chi connectivity index (χ1) is 8.11. The lowest BCUT2D eigenvalue weighted by molar-refractivity contribution is 0.393. The van der Waals surface area contributed by atoms with E-state index in [1.54, 1.807) is 0 Å². The Morgan fingerprint density at radius 1 is 1.53 bits per heavy atom. The van der Waals surface area contributed by atoms with E-state index in [4.69, 9.17) is 9.68 Å². The molecule has 0 amide bonds. The zero-order chi connectivity index (χ0) is 12.3. The van der Waals surface area contributed by atoms with Crippen molar-refractivity contribution in [1.29, 1.82) is 5.26 Å². The zero-order valence-electron chi connectivity index (χ0n) is 9.00. The number of aromatic nitrogens is 2. The van der Waals surface area contributed by atoms with E-state index in [9.17, 15) is 8.42 Å². The Balaban J connectivity index is 1.97. The molecule has 1 aromatic heterocycles. The van der Waals surface area contributed by atoms with Gasteiger partial charge in [0.1, 0.15) is 0 Å². The molecule has 17 heavy (non-hydrogen) atoms. The van der Waals surface area contributed by atoms with E-state index in [1.807, 2.05) is 6.07 Å². The number of rotatable bonds is 4. The van der Waals surface area contributed by atoms with Crippen molar-refractivity contribution >= 4 is 21.6 Å². The first kappa shape index (κ1) is 12.4. The minimum Gasteiger partial charge on any atom is -0.416 e. The average Bonchev–Trinajstić information content (AvgIpc) is 2.85. The van der Waals surface area contributed by atoms with Crippen molar-refractivity contribution in [3.8, 4) is 6.07 Å². The minimum atomic E-state index is -2.93. The SMILES string of the molecule is N#CCCSc1nnc([C@H]2CCS(=O)(=O)C2)o1. The van der Waals surface area contributed by atoms with Gasteiger partial charge < -0.3 is 4.42 Å². The Labute approximate surface area is 103 Å². The highest BCUT2D eigenvalue weighted by Crippen LogP contribution is 2.29. The smallest absolute Gasteiger partial charge is 0.276 e. The van der Waals surface area contributed by atoms with Gasteiger partial charge in [-0.15, -0.1) is 10.2 Å². The molecule has 0 spiro atoms. The fourth-order valence-corrected chi connectivity index (χ4v) is 3.96. The largest absolute Gasteiger partial charge is 0.416 e. The Hall–Kier alpha value is -1.07. The molecule has 1 saturated heterocycles. The molecular formula is C9H11N3O3S2. The number of hydrogen-bond donors (Lipinski definition) is 0. The molecule has 92 valence electrons. The highest BCUT2D eigenvalue weighted by molar-refractivity contribution is 7.99. The maximum Gasteiger partial charge on any atom is 0.276 e. The second-order valence-corrected chi connectivity index (χ2v) is 7.04. The van der Waals surface area contributed by atoms with Gasteiger partial charge in [-0.1, -0.05) is 11.8 Å². The van der Waals surface area contributed by atoms with Crippen molar-refractivity contribution in [3.05, 3.63) is 5.89 Å². The molecule has 0 bridgehead atoms. The molecule has 0 N–H and O–H groups in total. The summed E-state index contributed by atoms with van der Waals surface area (Å²) in [7, 11) is -2.93. The van der Waals surface area contributed by atoms with Crippen LogP contribution < -0.4 is 0 Å². The first-order valence-electron chi connectivity index (χ1n) is 5.14. The Bertz CT molecular complexity index is 532. The first-order valence-corrected chi connectivity index (χ1v) is 7.95. The van der Waals surface area contributed by atoms with E-state index >= 15 is 0 Å². The molecule has 0 radical (unpaired) electrons. The fourth-order valence-electron chi connectivity index (χ4n) is 1.62. The van der Waals surface area contributed by atoms with Gasteiger partial charge in [-0.2, -0.15) is 5.26 Å². The van der Waals surface area contributed by atoms with Crippen LogP contribution in [0.5, 0.6) is 0 Å². The van der Waals surface area contributed by atoms with Crippen LogP contribution in [0.3, 0.4) is 0 Å². The maximum atomic E-state index is 11.3. The van der Waals surface area contributed by atoms with Gasteiger partial charge in [0, 0.05) is 12.2 Å². The van der Waals surface area contributed by atoms with Crippen molar-refractivity contribution in [2.45, 2.75) is 24.0 Å². The van der Waals surface area contributed by atoms with E-state index in [1.165, 1.54) is 11.8 Å². The van der Waals surface area contributed by atoms with E-state index in [0.29, 0.717) is 29.7 Å². The van der Waals surface area contributed by atoms with Crippen molar-refractivity contribution < 1.29 is 12.8 Å². The van der Waals surface area contributed by atoms with Crippen LogP contribution in [0.25, 0.3) is 0 Å². The molecule has 0 aliphatic carbocycles. The Morgan fingerprint density at radius 3 is 3.00 bits per heavy atom. The van der Waals surface area contributed by atoms with Crippen LogP contribution in [0.15, 0.2) is 9.64 Å². The van der Waals surface area contributed by atoms with Gasteiger partial charge in [-0.05, 0) is 6.42 Å². The molecule has 2 heterocycles. The summed E-state index contributed by atoms with van der Waals surface area (Å²) in [5.41, 5.74) is 0. The van der Waals surface area contributed by atoms with Crippen LogP contribution in [0.2, 0.25) is 0 Å². The summed E-state index contributed by atoms with van der Waals surface area (Å²) in [6, 6.07) is 2.02. The van der Waals surface area contributed by atoms with Crippen molar-refractivity contribution in [1.82, 2.24) is 10.2 Å². The number of sulfone groups is 1. The quantitative estimate of drug-likeness (QED) is 0.595. The molecule has 2 rings (SSSR count). The fraction of sp³-hybridized carbons (Fsp3) is 0.667. The molecule has 0 aromatic carbocycles. The van der Waals surface area contributed by atoms with Crippen LogP contribution >= 0.6 is 11.8 Å². The summed E-state index contributed by atoms with van der Waals surface area (Å²) in [6.07, 6.45) is 0.965. The topological polar surface area (TPSA) is 96.9 Å². The molecule has 1 fully saturated rings. The van der Waals surface area contributed by atoms with Gasteiger partial charge in [0.05, 0.1) is 23.5 Å². The van der Waals surface area contributed by atoms with Crippen LogP contribution in [0.1, 0.15) is 24.7 Å². The third-order valence-electron chi connectivity index (χ3n) is 2.44. The second kappa shape index (κ2) is 5.06. The van der Waals surface area contributed by atoms with E-state index in [0.717, 1.165) is 0 Å². The number of nitriles is 1. The lowest BCUT2D eigenvalue weighted by Gasteiger charge is -1.98. The molecule has 0 unspecified atom stereocenters. The van der Waals surface area contributed by atoms with Gasteiger partial charge in [0.2, 0.25) is 5.89 Å². The molecule has 6 nitrogen and oxygen atoms in total. The predicted octanol–water partition coefficient (Wildman–Crippen LogP) is 0.977. The van der Waals surface area contributed by atoms with Crippen molar-refractivity contribution in [2.24, 2.45) is 0 Å². The van der Waals surface area contributed by atoms with Gasteiger partial charge in [-0.25, -0.2) is 8.42 Å². The van der Waals surface area contributed by atoms with E-state index < -0.39 is 9.84 Å². The van der Waals surface area contributed by atoms with E-state index in [-0.39, 0.29) is 17.4 Å². The molecule has 0 saturated carbocycles. The number of thioether (sulfide) groups is 1. The zero-order valence-corrected chi connectivity index (χ0v) is 10.6. The van der Waals surface area contributed by atoms with Gasteiger partial charge in [0.25, 0.3) is 5.22 Å². The number of hydrogen-bond acceptors (Lipinski definition) is 7. The minimum absolute atomic E-state index is 0.0947. The van der Waals surface area contributed by atoms with Gasteiger partial charge in [0.15, 0.2) is 9.84 Å². The number of nitrogens with zero attached hydrogens (tertiary/aromatic N) is 3. The summed E-state index contributed by atoms with van der Waals surface area (Å²) in [5, 5.41) is 16.5. The second-order valence-electron chi connectivity index (χ2n) is 3.76. The normalized spacial score (nSPS) is 22.4. The third kappa shape index (κ3) is 3.20. The Kier molecular flexibility index (Phi) is 3.69. The van der Waals surface area contributed by atoms with Crippen molar-refractivity contribution in [2.75, 3.05) is 17.3 Å².